The fourth-order valence-electron chi connectivity index (χ4n) is 7.90. The molecule has 4 aromatic rings. The van der Waals surface area contributed by atoms with Gasteiger partial charge in [-0.15, -0.1) is 0 Å². The molecular formula is C37H41ClF3N11O5. The molecule has 57 heavy (non-hydrogen) atoms. The van der Waals surface area contributed by atoms with E-state index >= 15 is 0 Å². The summed E-state index contributed by atoms with van der Waals surface area (Å²) in [6.45, 7) is 4.94. The third-order valence-corrected chi connectivity index (χ3v) is 11.3. The quantitative estimate of drug-likeness (QED) is 0.198. The molecule has 0 bridgehead atoms. The Hall–Kier alpha value is -5.53. The largest absolute Gasteiger partial charge is 0.544 e. The Kier molecular flexibility index (Phi) is 11.0. The van der Waals surface area contributed by atoms with Crippen LogP contribution in [0.1, 0.15) is 39.5 Å². The predicted molar refractivity (Wildman–Crippen MR) is 199 cm³/mol. The average molecular weight is 812 g/mol. The van der Waals surface area contributed by atoms with Gasteiger partial charge in [-0.05, 0) is 24.3 Å². The monoisotopic (exact) mass is 811 g/mol. The number of carbonyl (C=O) groups excluding carboxylic acids is 4. The van der Waals surface area contributed by atoms with Crippen LogP contribution in [0.5, 0.6) is 0 Å². The first-order valence-corrected chi connectivity index (χ1v) is 18.8. The Labute approximate surface area is 330 Å². The molecule has 20 heteroatoms. The predicted octanol–water partition coefficient (Wildman–Crippen LogP) is 1.66. The van der Waals surface area contributed by atoms with E-state index in [1.54, 1.807) is 9.80 Å². The minimum Gasteiger partial charge on any atom is -0.544 e. The van der Waals surface area contributed by atoms with E-state index in [4.69, 9.17) is 17.3 Å². The van der Waals surface area contributed by atoms with Crippen LogP contribution < -0.4 is 21.5 Å². The molecule has 302 valence electrons. The van der Waals surface area contributed by atoms with Crippen LogP contribution in [0.3, 0.4) is 0 Å². The number of amides is 3. The van der Waals surface area contributed by atoms with Crippen LogP contribution in [0.4, 0.5) is 24.5 Å². The molecule has 3 saturated heterocycles. The summed E-state index contributed by atoms with van der Waals surface area (Å²) in [5.41, 5.74) is 4.89. The number of alkyl halides is 3. The normalized spacial score (nSPS) is 20.3. The molecule has 0 saturated carbocycles. The second-order valence-electron chi connectivity index (χ2n) is 14.9. The molecule has 7 rings (SSSR count). The third-order valence-electron chi connectivity index (χ3n) is 11.0. The number of anilines is 2. The molecule has 0 radical (unpaired) electrons. The number of imidazole rings is 1. The van der Waals surface area contributed by atoms with Gasteiger partial charge in [0, 0.05) is 101 Å². The number of hydrogen-bond acceptors (Lipinski definition) is 10. The first-order chi connectivity index (χ1) is 27.1. The van der Waals surface area contributed by atoms with Crippen molar-refractivity contribution in [2.24, 2.45) is 18.9 Å². The topological polar surface area (TPSA) is 196 Å². The van der Waals surface area contributed by atoms with E-state index in [9.17, 15) is 37.5 Å². The van der Waals surface area contributed by atoms with Crippen LogP contribution >= 0.6 is 11.6 Å². The highest BCUT2D eigenvalue weighted by atomic mass is 35.5. The second kappa shape index (κ2) is 15.8. The Morgan fingerprint density at radius 2 is 1.74 bits per heavy atom. The number of nitrogens with one attached hydrogen (secondary N) is 2. The van der Waals surface area contributed by atoms with Gasteiger partial charge in [-0.2, -0.15) is 18.3 Å². The Balaban J connectivity index is 0.956. The van der Waals surface area contributed by atoms with Gasteiger partial charge in [0.15, 0.2) is 17.3 Å². The number of pyridine rings is 1. The number of nitrogen functional groups attached to an aromatic ring is 1. The van der Waals surface area contributed by atoms with Gasteiger partial charge >= 0.3 is 6.18 Å². The van der Waals surface area contributed by atoms with Crippen molar-refractivity contribution < 1.29 is 41.9 Å². The standard InChI is InChI=1S/C37H41ClF3N11O5/c1-48-29(27-19-51(47-32(27)37(39,40)41)30-14-24(42)4-7-44-30)18-45-33(48)34(55)46-25-2-3-26(28(38)15-25)36(57)50-10-8-49(9-11-50)35(56)23-5-12-52(13-6-23,21-31(53)54)20-22-16-43-17-22/h2-4,7,14-15,18-19,22-23,43H,5-6,8-13,16-17,20-21H2,1H3,(H3-,42,44,46,53,54,55,57). The van der Waals surface area contributed by atoms with E-state index in [-0.39, 0.29) is 82.2 Å². The number of piperazine rings is 1. The maximum atomic E-state index is 14.1. The zero-order valence-corrected chi connectivity index (χ0v) is 31.7. The molecule has 16 nitrogen and oxygen atoms in total. The number of nitrogens with two attached hydrogens (primary N) is 1. The molecule has 0 unspecified atom stereocenters. The number of carboxylic acids is 1. The summed E-state index contributed by atoms with van der Waals surface area (Å²) in [6.07, 6.45) is -0.0385. The lowest BCUT2D eigenvalue weighted by atomic mass is 9.90. The lowest BCUT2D eigenvalue weighted by Crippen LogP contribution is -2.63. The van der Waals surface area contributed by atoms with Crippen molar-refractivity contribution in [1.29, 1.82) is 0 Å². The van der Waals surface area contributed by atoms with Crippen LogP contribution in [-0.2, 0) is 22.8 Å². The summed E-state index contributed by atoms with van der Waals surface area (Å²) in [4.78, 5) is 63.3. The molecule has 4 N–H and O–H groups in total. The van der Waals surface area contributed by atoms with Crippen molar-refractivity contribution in [3.05, 3.63) is 71.0 Å². The van der Waals surface area contributed by atoms with Gasteiger partial charge in [0.25, 0.3) is 11.8 Å². The zero-order chi connectivity index (χ0) is 40.6. The fraction of sp³-hybridized carbons (Fsp3) is 0.432. The molecule has 3 amide bonds. The fourth-order valence-corrected chi connectivity index (χ4v) is 8.16. The van der Waals surface area contributed by atoms with Gasteiger partial charge in [-0.3, -0.25) is 14.4 Å². The van der Waals surface area contributed by atoms with Crippen LogP contribution in [0.2, 0.25) is 5.02 Å². The Morgan fingerprint density at radius 1 is 1.04 bits per heavy atom. The summed E-state index contributed by atoms with van der Waals surface area (Å²) in [5, 5.41) is 21.2. The molecule has 0 spiro atoms. The minimum absolute atomic E-state index is 0.0163. The van der Waals surface area contributed by atoms with E-state index in [1.807, 2.05) is 0 Å². The summed E-state index contributed by atoms with van der Waals surface area (Å²) >= 11 is 6.53. The summed E-state index contributed by atoms with van der Waals surface area (Å²) in [6, 6.07) is 7.19. The minimum atomic E-state index is -4.84. The van der Waals surface area contributed by atoms with Gasteiger partial charge in [-0.1, -0.05) is 11.6 Å². The van der Waals surface area contributed by atoms with Crippen molar-refractivity contribution in [2.45, 2.75) is 19.0 Å². The smallest absolute Gasteiger partial charge is 0.435 e. The highest BCUT2D eigenvalue weighted by Gasteiger charge is 2.42. The molecule has 6 heterocycles. The molecular weight excluding hydrogens is 771 g/mol. The van der Waals surface area contributed by atoms with Crippen LogP contribution in [0.15, 0.2) is 48.9 Å². The summed E-state index contributed by atoms with van der Waals surface area (Å²) in [7, 11) is 1.39. The SMILES string of the molecule is Cn1c(-c2cn(-c3cc(N)ccn3)nc2C(F)(F)F)cnc1C(=O)Nc1ccc(C(=O)N2CCN(C(=O)C3CC[N+](CC(=O)[O-])(CC4CNC4)CC3)CC2)c(Cl)c1. The van der Waals surface area contributed by atoms with Gasteiger partial charge in [0.2, 0.25) is 5.91 Å². The molecule has 3 fully saturated rings. The molecule has 3 aliphatic rings. The number of benzene rings is 1. The second-order valence-corrected chi connectivity index (χ2v) is 15.3. The van der Waals surface area contributed by atoms with Crippen LogP contribution in [0, 0.1) is 11.8 Å². The highest BCUT2D eigenvalue weighted by Crippen LogP contribution is 2.37. The lowest BCUT2D eigenvalue weighted by Gasteiger charge is -2.47. The molecule has 0 atom stereocenters. The first kappa shape index (κ1) is 39.7. The number of carboxylic acid groups (broad SMARTS) is 1. The van der Waals surface area contributed by atoms with Crippen molar-refractivity contribution in [3.8, 4) is 17.1 Å². The molecule has 1 aromatic carbocycles. The number of likely N-dealkylation sites (tertiary alicyclic amines) is 1. The number of aliphatic carboxylic acids is 1. The maximum Gasteiger partial charge on any atom is 0.435 e. The number of carbonyl (C=O) groups is 4. The maximum absolute atomic E-state index is 14.1. The molecule has 0 aliphatic carbocycles. The summed E-state index contributed by atoms with van der Waals surface area (Å²) < 4.78 is 44.8. The number of quaternary nitrogens is 1. The van der Waals surface area contributed by atoms with E-state index in [0.717, 1.165) is 36.7 Å². The average Bonchev–Trinajstić information content (AvgIpc) is 3.77. The van der Waals surface area contributed by atoms with E-state index in [0.29, 0.717) is 49.4 Å². The number of nitrogens with zero attached hydrogens (tertiary/aromatic N) is 8. The van der Waals surface area contributed by atoms with Gasteiger partial charge in [0.1, 0.15) is 6.54 Å². The number of halogens is 4. The van der Waals surface area contributed by atoms with Crippen LogP contribution in [-0.4, -0.2) is 128 Å². The number of piperidine rings is 1. The van der Waals surface area contributed by atoms with E-state index in [2.05, 4.69) is 25.7 Å². The van der Waals surface area contributed by atoms with Crippen molar-refractivity contribution in [1.82, 2.24) is 39.4 Å². The van der Waals surface area contributed by atoms with Crippen molar-refractivity contribution in [3.63, 3.8) is 0 Å². The summed E-state index contributed by atoms with van der Waals surface area (Å²) in [5.74, 6) is -2.06. The van der Waals surface area contributed by atoms with E-state index in [1.165, 1.54) is 48.1 Å². The highest BCUT2D eigenvalue weighted by molar-refractivity contribution is 6.34. The Bertz CT molecular complexity index is 2190. The Morgan fingerprint density at radius 3 is 2.35 bits per heavy atom. The first-order valence-electron chi connectivity index (χ1n) is 18.5. The number of aromatic nitrogens is 5. The lowest BCUT2D eigenvalue weighted by molar-refractivity contribution is -0.931. The van der Waals surface area contributed by atoms with Gasteiger partial charge in [0.05, 0.1) is 53.6 Å². The van der Waals surface area contributed by atoms with Gasteiger partial charge < -0.3 is 45.1 Å². The van der Waals surface area contributed by atoms with Gasteiger partial charge in [-0.25, -0.2) is 14.6 Å². The zero-order valence-electron chi connectivity index (χ0n) is 31.0. The van der Waals surface area contributed by atoms with Crippen molar-refractivity contribution >= 4 is 46.7 Å². The van der Waals surface area contributed by atoms with Crippen LogP contribution in [0.25, 0.3) is 17.1 Å². The van der Waals surface area contributed by atoms with E-state index < -0.39 is 23.7 Å². The third kappa shape index (κ3) is 8.45. The van der Waals surface area contributed by atoms with Crippen molar-refractivity contribution in [2.75, 3.05) is 76.5 Å². The molecule has 3 aliphatic heterocycles. The number of rotatable bonds is 10. The molecule has 3 aromatic heterocycles. The number of hydrogen-bond donors (Lipinski definition) is 3.